The molecule has 0 spiro atoms. The van der Waals surface area contributed by atoms with Gasteiger partial charge in [0.05, 0.1) is 6.10 Å². The van der Waals surface area contributed by atoms with Crippen LogP contribution < -0.4 is 0 Å². The number of benzene rings is 1. The van der Waals surface area contributed by atoms with E-state index < -0.39 is 0 Å². The monoisotopic (exact) mass is 290 g/mol. The summed E-state index contributed by atoms with van der Waals surface area (Å²) < 4.78 is 5.28. The predicted octanol–water partition coefficient (Wildman–Crippen LogP) is 4.24. The minimum Gasteiger partial charge on any atom is -0.382 e. The Balaban J connectivity index is 2.69. The van der Waals surface area contributed by atoms with Crippen LogP contribution in [0.5, 0.6) is 0 Å². The molecule has 0 aromatic heterocycles. The van der Waals surface area contributed by atoms with E-state index in [2.05, 4.69) is 35.0 Å². The lowest BCUT2D eigenvalue weighted by Crippen LogP contribution is -2.12. The first-order chi connectivity index (χ1) is 7.17. The largest absolute Gasteiger partial charge is 0.382 e. The van der Waals surface area contributed by atoms with Crippen molar-refractivity contribution in [1.82, 2.24) is 0 Å². The van der Waals surface area contributed by atoms with Gasteiger partial charge in [-0.1, -0.05) is 39.7 Å². The first kappa shape index (κ1) is 13.0. The van der Waals surface area contributed by atoms with E-state index in [0.29, 0.717) is 5.92 Å². The molecule has 0 fully saturated rings. The van der Waals surface area contributed by atoms with Gasteiger partial charge in [-0.05, 0) is 37.0 Å². The fourth-order valence-corrected chi connectivity index (χ4v) is 2.28. The zero-order valence-corrected chi connectivity index (χ0v) is 11.4. The quantitative estimate of drug-likeness (QED) is 0.737. The number of hydrogen-bond acceptors (Lipinski definition) is 1. The van der Waals surface area contributed by atoms with E-state index in [1.165, 1.54) is 5.56 Å². The second-order valence-corrected chi connectivity index (χ2v) is 4.77. The Hall–Kier alpha value is -0.0500. The maximum Gasteiger partial charge on any atom is 0.0549 e. The first-order valence-corrected chi connectivity index (χ1v) is 6.51. The molecule has 1 aromatic carbocycles. The maximum absolute atomic E-state index is 5.86. The van der Waals surface area contributed by atoms with E-state index >= 15 is 0 Å². The Morgan fingerprint density at radius 3 is 2.40 bits per heavy atom. The van der Waals surface area contributed by atoms with Gasteiger partial charge in [-0.2, -0.15) is 0 Å². The summed E-state index contributed by atoms with van der Waals surface area (Å²) in [5, 5.41) is 1.73. The summed E-state index contributed by atoms with van der Waals surface area (Å²) >= 11 is 9.40. The Labute approximate surface area is 105 Å². The number of halogens is 2. The zero-order chi connectivity index (χ0) is 11.3. The maximum atomic E-state index is 5.86. The molecule has 0 amide bonds. The van der Waals surface area contributed by atoms with Gasteiger partial charge in [0.1, 0.15) is 0 Å². The van der Waals surface area contributed by atoms with Gasteiger partial charge in [-0.15, -0.1) is 0 Å². The van der Waals surface area contributed by atoms with E-state index in [1.807, 2.05) is 12.1 Å². The molecule has 0 saturated heterocycles. The number of ether oxygens (including phenoxy) is 1. The third-order valence-corrected chi connectivity index (χ3v) is 3.58. The molecule has 0 heterocycles. The molecule has 84 valence electrons. The Bertz CT molecular complexity index is 286. The second-order valence-electron chi connectivity index (χ2n) is 3.68. The van der Waals surface area contributed by atoms with Crippen LogP contribution in [0.4, 0.5) is 0 Å². The summed E-state index contributed by atoms with van der Waals surface area (Å²) in [6, 6.07) is 8.03. The summed E-state index contributed by atoms with van der Waals surface area (Å²) in [4.78, 5) is 0. The summed E-state index contributed by atoms with van der Waals surface area (Å²) in [6.45, 7) is 2.09. The Morgan fingerprint density at radius 1 is 1.33 bits per heavy atom. The zero-order valence-electron chi connectivity index (χ0n) is 9.04. The van der Waals surface area contributed by atoms with Gasteiger partial charge in [0.15, 0.2) is 0 Å². The molecule has 0 N–H and O–H groups in total. The number of rotatable bonds is 5. The van der Waals surface area contributed by atoms with E-state index in [0.717, 1.165) is 16.8 Å². The van der Waals surface area contributed by atoms with Crippen LogP contribution >= 0.6 is 27.5 Å². The average molecular weight is 292 g/mol. The van der Waals surface area contributed by atoms with Crippen molar-refractivity contribution in [3.8, 4) is 0 Å². The third kappa shape index (κ3) is 4.13. The van der Waals surface area contributed by atoms with Crippen LogP contribution in [0.1, 0.15) is 24.8 Å². The molecule has 0 aliphatic heterocycles. The van der Waals surface area contributed by atoms with Crippen molar-refractivity contribution in [2.75, 3.05) is 12.4 Å². The van der Waals surface area contributed by atoms with Gasteiger partial charge >= 0.3 is 0 Å². The second kappa shape index (κ2) is 6.51. The number of methoxy groups -OCH3 is 1. The predicted molar refractivity (Wildman–Crippen MR) is 69.1 cm³/mol. The third-order valence-electron chi connectivity index (χ3n) is 2.55. The summed E-state index contributed by atoms with van der Waals surface area (Å²) in [5.74, 6) is 0.484. The average Bonchev–Trinajstić information content (AvgIpc) is 2.27. The van der Waals surface area contributed by atoms with Crippen molar-refractivity contribution in [3.05, 3.63) is 34.9 Å². The number of alkyl halides is 1. The Kier molecular flexibility index (Phi) is 5.65. The normalized spacial score (nSPS) is 14.9. The van der Waals surface area contributed by atoms with E-state index in [1.54, 1.807) is 7.11 Å². The fraction of sp³-hybridized carbons (Fsp3) is 0.500. The highest BCUT2D eigenvalue weighted by atomic mass is 79.9. The van der Waals surface area contributed by atoms with Crippen LogP contribution in [0.25, 0.3) is 0 Å². The van der Waals surface area contributed by atoms with Crippen molar-refractivity contribution < 1.29 is 4.74 Å². The van der Waals surface area contributed by atoms with Crippen LogP contribution in [0.3, 0.4) is 0 Å². The van der Waals surface area contributed by atoms with Crippen LogP contribution in [0, 0.1) is 0 Å². The van der Waals surface area contributed by atoms with Crippen LogP contribution in [0.2, 0.25) is 5.02 Å². The van der Waals surface area contributed by atoms with Crippen molar-refractivity contribution >= 4 is 27.5 Å². The standard InChI is InChI=1S/C12H16BrClO/c1-9(15-2)7-11(8-13)10-3-5-12(14)6-4-10/h3-6,9,11H,7-8H2,1-2H3. The summed E-state index contributed by atoms with van der Waals surface area (Å²) in [6.07, 6.45) is 1.30. The molecule has 0 aliphatic rings. The fourth-order valence-electron chi connectivity index (χ4n) is 1.52. The van der Waals surface area contributed by atoms with Crippen molar-refractivity contribution in [1.29, 1.82) is 0 Å². The summed E-state index contributed by atoms with van der Waals surface area (Å²) in [7, 11) is 1.75. The van der Waals surface area contributed by atoms with Gasteiger partial charge in [0.25, 0.3) is 0 Å². The van der Waals surface area contributed by atoms with Crippen molar-refractivity contribution in [2.45, 2.75) is 25.4 Å². The molecular formula is C12H16BrClO. The lowest BCUT2D eigenvalue weighted by molar-refractivity contribution is 0.106. The molecule has 0 bridgehead atoms. The molecule has 0 saturated carbocycles. The van der Waals surface area contributed by atoms with Crippen LogP contribution in [-0.4, -0.2) is 18.5 Å². The Morgan fingerprint density at radius 2 is 1.93 bits per heavy atom. The van der Waals surface area contributed by atoms with Crippen LogP contribution in [-0.2, 0) is 4.74 Å². The molecule has 15 heavy (non-hydrogen) atoms. The van der Waals surface area contributed by atoms with Gasteiger partial charge in [0.2, 0.25) is 0 Å². The molecule has 2 unspecified atom stereocenters. The van der Waals surface area contributed by atoms with E-state index in [4.69, 9.17) is 16.3 Å². The molecule has 1 aromatic rings. The van der Waals surface area contributed by atoms with E-state index in [-0.39, 0.29) is 6.10 Å². The topological polar surface area (TPSA) is 9.23 Å². The van der Waals surface area contributed by atoms with Crippen LogP contribution in [0.15, 0.2) is 24.3 Å². The molecule has 1 nitrogen and oxygen atoms in total. The highest BCUT2D eigenvalue weighted by Gasteiger charge is 2.13. The van der Waals surface area contributed by atoms with E-state index in [9.17, 15) is 0 Å². The molecule has 0 aliphatic carbocycles. The molecule has 2 atom stereocenters. The van der Waals surface area contributed by atoms with Gasteiger partial charge in [-0.3, -0.25) is 0 Å². The van der Waals surface area contributed by atoms with Gasteiger partial charge < -0.3 is 4.74 Å². The minimum atomic E-state index is 0.281. The first-order valence-electron chi connectivity index (χ1n) is 5.01. The highest BCUT2D eigenvalue weighted by molar-refractivity contribution is 9.09. The SMILES string of the molecule is COC(C)CC(CBr)c1ccc(Cl)cc1. The highest BCUT2D eigenvalue weighted by Crippen LogP contribution is 2.25. The molecule has 1 rings (SSSR count). The lowest BCUT2D eigenvalue weighted by Gasteiger charge is -2.18. The lowest BCUT2D eigenvalue weighted by atomic mass is 9.95. The van der Waals surface area contributed by atoms with Crippen molar-refractivity contribution in [2.24, 2.45) is 0 Å². The molecular weight excluding hydrogens is 275 g/mol. The minimum absolute atomic E-state index is 0.281. The van der Waals surface area contributed by atoms with Gasteiger partial charge in [0, 0.05) is 17.5 Å². The van der Waals surface area contributed by atoms with Gasteiger partial charge in [-0.25, -0.2) is 0 Å². The molecule has 3 heteroatoms. The smallest absolute Gasteiger partial charge is 0.0549 e. The molecule has 0 radical (unpaired) electrons. The number of hydrogen-bond donors (Lipinski definition) is 0. The summed E-state index contributed by atoms with van der Waals surface area (Å²) in [5.41, 5.74) is 1.31. The van der Waals surface area contributed by atoms with Crippen molar-refractivity contribution in [3.63, 3.8) is 0 Å².